The molecule has 0 heterocycles. The van der Waals surface area contributed by atoms with E-state index in [1.54, 1.807) is 6.08 Å². The fourth-order valence-corrected chi connectivity index (χ4v) is 1.52. The highest BCUT2D eigenvalue weighted by Gasteiger charge is 2.13. The maximum Gasteiger partial charge on any atom is 0.331 e. The Balaban J connectivity index is 2.68. The number of benzene rings is 1. The van der Waals surface area contributed by atoms with Crippen LogP contribution in [-0.2, 0) is 9.53 Å². The minimum Gasteiger partial charge on any atom is -0.457 e. The van der Waals surface area contributed by atoms with Gasteiger partial charge < -0.3 is 4.74 Å². The van der Waals surface area contributed by atoms with Gasteiger partial charge in [0.1, 0.15) is 5.60 Å². The van der Waals surface area contributed by atoms with E-state index >= 15 is 0 Å². The molecule has 0 aromatic heterocycles. The zero-order valence-electron chi connectivity index (χ0n) is 9.66. The summed E-state index contributed by atoms with van der Waals surface area (Å²) in [6, 6.07) is 7.69. The van der Waals surface area contributed by atoms with E-state index in [0.717, 1.165) is 10.0 Å². The summed E-state index contributed by atoms with van der Waals surface area (Å²) in [6.07, 6.45) is 3.17. The van der Waals surface area contributed by atoms with Crippen LogP contribution in [0.25, 0.3) is 6.08 Å². The normalized spacial score (nSPS) is 11.8. The van der Waals surface area contributed by atoms with Gasteiger partial charge in [-0.25, -0.2) is 4.79 Å². The minimum atomic E-state index is -0.449. The van der Waals surface area contributed by atoms with Gasteiger partial charge in [-0.1, -0.05) is 34.1 Å². The molecule has 86 valence electrons. The fraction of sp³-hybridized carbons (Fsp3) is 0.308. The Kier molecular flexibility index (Phi) is 4.30. The van der Waals surface area contributed by atoms with Gasteiger partial charge in [0.25, 0.3) is 0 Å². The number of hydrogen-bond donors (Lipinski definition) is 0. The summed E-state index contributed by atoms with van der Waals surface area (Å²) in [4.78, 5) is 11.4. The van der Waals surface area contributed by atoms with Crippen molar-refractivity contribution >= 4 is 28.0 Å². The number of carbonyl (C=O) groups is 1. The van der Waals surface area contributed by atoms with Crippen LogP contribution in [0.15, 0.2) is 34.8 Å². The molecule has 0 N–H and O–H groups in total. The molecule has 0 saturated carbocycles. The molecule has 0 fully saturated rings. The van der Waals surface area contributed by atoms with Crippen LogP contribution >= 0.6 is 15.9 Å². The monoisotopic (exact) mass is 282 g/mol. The Morgan fingerprint density at radius 2 is 1.94 bits per heavy atom. The Morgan fingerprint density at radius 1 is 1.31 bits per heavy atom. The molecule has 1 aromatic rings. The second-order valence-electron chi connectivity index (χ2n) is 4.39. The van der Waals surface area contributed by atoms with Gasteiger partial charge in [-0.2, -0.15) is 0 Å². The molecular formula is C13H15BrO2. The van der Waals surface area contributed by atoms with Crippen molar-refractivity contribution in [1.29, 1.82) is 0 Å². The van der Waals surface area contributed by atoms with E-state index in [2.05, 4.69) is 15.9 Å². The topological polar surface area (TPSA) is 26.3 Å². The van der Waals surface area contributed by atoms with Gasteiger partial charge in [0.2, 0.25) is 0 Å². The summed E-state index contributed by atoms with van der Waals surface area (Å²) in [5.41, 5.74) is 0.503. The van der Waals surface area contributed by atoms with Crippen molar-refractivity contribution in [3.63, 3.8) is 0 Å². The lowest BCUT2D eigenvalue weighted by molar-refractivity contribution is -0.148. The van der Waals surface area contributed by atoms with Crippen molar-refractivity contribution in [3.8, 4) is 0 Å². The Hall–Kier alpha value is -1.09. The lowest BCUT2D eigenvalue weighted by Crippen LogP contribution is -2.22. The van der Waals surface area contributed by atoms with E-state index in [0.29, 0.717) is 0 Å². The maximum atomic E-state index is 11.4. The lowest BCUT2D eigenvalue weighted by atomic mass is 10.2. The highest BCUT2D eigenvalue weighted by atomic mass is 79.9. The molecule has 0 bridgehead atoms. The van der Waals surface area contributed by atoms with Crippen LogP contribution in [0.4, 0.5) is 0 Å². The average molecular weight is 283 g/mol. The Bertz CT molecular complexity index is 403. The predicted octanol–water partition coefficient (Wildman–Crippen LogP) is 3.80. The first-order valence-corrected chi connectivity index (χ1v) is 5.83. The van der Waals surface area contributed by atoms with Gasteiger partial charge in [0.05, 0.1) is 0 Å². The van der Waals surface area contributed by atoms with Crippen molar-refractivity contribution in [2.45, 2.75) is 26.4 Å². The zero-order valence-corrected chi connectivity index (χ0v) is 11.2. The number of carbonyl (C=O) groups excluding carboxylic acids is 1. The molecule has 2 nitrogen and oxygen atoms in total. The number of ether oxygens (including phenoxy) is 1. The van der Waals surface area contributed by atoms with E-state index in [-0.39, 0.29) is 5.97 Å². The molecule has 1 aromatic carbocycles. The van der Waals surface area contributed by atoms with Crippen molar-refractivity contribution in [2.24, 2.45) is 0 Å². The number of halogens is 1. The van der Waals surface area contributed by atoms with Crippen LogP contribution in [0.5, 0.6) is 0 Å². The summed E-state index contributed by atoms with van der Waals surface area (Å²) in [6.45, 7) is 5.53. The standard InChI is InChI=1S/C13H15BrO2/c1-13(2,3)16-12(15)9-8-10-6-4-5-7-11(10)14/h4-9H,1-3H3/b9-8-. The highest BCUT2D eigenvalue weighted by Crippen LogP contribution is 2.17. The molecular weight excluding hydrogens is 268 g/mol. The van der Waals surface area contributed by atoms with E-state index in [1.165, 1.54) is 6.08 Å². The molecule has 0 amide bonds. The first kappa shape index (κ1) is 13.0. The highest BCUT2D eigenvalue weighted by molar-refractivity contribution is 9.10. The molecule has 0 aliphatic heterocycles. The molecule has 0 unspecified atom stereocenters. The van der Waals surface area contributed by atoms with Crippen molar-refractivity contribution in [2.75, 3.05) is 0 Å². The molecule has 0 saturated heterocycles. The summed E-state index contributed by atoms with van der Waals surface area (Å²) >= 11 is 3.40. The van der Waals surface area contributed by atoms with E-state index < -0.39 is 5.60 Å². The van der Waals surface area contributed by atoms with Gasteiger partial charge in [0, 0.05) is 10.5 Å². The average Bonchev–Trinajstić information content (AvgIpc) is 2.14. The first-order valence-electron chi connectivity index (χ1n) is 5.04. The molecule has 0 aliphatic carbocycles. The van der Waals surface area contributed by atoms with Gasteiger partial charge in [-0.15, -0.1) is 0 Å². The smallest absolute Gasteiger partial charge is 0.331 e. The van der Waals surface area contributed by atoms with Gasteiger partial charge in [-0.05, 0) is 38.5 Å². The van der Waals surface area contributed by atoms with E-state index in [9.17, 15) is 4.79 Å². The van der Waals surface area contributed by atoms with Crippen molar-refractivity contribution < 1.29 is 9.53 Å². The molecule has 0 spiro atoms. The third kappa shape index (κ3) is 4.62. The Morgan fingerprint density at radius 3 is 2.50 bits per heavy atom. The molecule has 16 heavy (non-hydrogen) atoms. The SMILES string of the molecule is CC(C)(C)OC(=O)/C=C\c1ccccc1Br. The lowest BCUT2D eigenvalue weighted by Gasteiger charge is -2.17. The maximum absolute atomic E-state index is 11.4. The second kappa shape index (κ2) is 5.30. The van der Waals surface area contributed by atoms with Gasteiger partial charge >= 0.3 is 5.97 Å². The summed E-state index contributed by atoms with van der Waals surface area (Å²) in [5, 5.41) is 0. The quantitative estimate of drug-likeness (QED) is 0.609. The number of rotatable bonds is 2. The third-order valence-electron chi connectivity index (χ3n) is 1.71. The third-order valence-corrected chi connectivity index (χ3v) is 2.43. The molecule has 0 atom stereocenters. The van der Waals surface area contributed by atoms with Crippen LogP contribution < -0.4 is 0 Å². The summed E-state index contributed by atoms with van der Waals surface area (Å²) in [5.74, 6) is -0.330. The predicted molar refractivity (Wildman–Crippen MR) is 69.0 cm³/mol. The zero-order chi connectivity index (χ0) is 12.2. The van der Waals surface area contributed by atoms with Crippen LogP contribution in [0, 0.1) is 0 Å². The van der Waals surface area contributed by atoms with Gasteiger partial charge in [-0.3, -0.25) is 0 Å². The first-order chi connectivity index (χ1) is 7.38. The minimum absolute atomic E-state index is 0.330. The van der Waals surface area contributed by atoms with E-state index in [4.69, 9.17) is 4.74 Å². The molecule has 0 aliphatic rings. The van der Waals surface area contributed by atoms with Crippen molar-refractivity contribution in [1.82, 2.24) is 0 Å². The summed E-state index contributed by atoms with van der Waals surface area (Å²) < 4.78 is 6.11. The fourth-order valence-electron chi connectivity index (χ4n) is 1.10. The number of esters is 1. The van der Waals surface area contributed by atoms with E-state index in [1.807, 2.05) is 45.0 Å². The molecule has 1 rings (SSSR count). The van der Waals surface area contributed by atoms with Gasteiger partial charge in [0.15, 0.2) is 0 Å². The van der Waals surface area contributed by atoms with Crippen LogP contribution in [-0.4, -0.2) is 11.6 Å². The van der Waals surface area contributed by atoms with Crippen LogP contribution in [0.3, 0.4) is 0 Å². The molecule has 0 radical (unpaired) electrons. The summed E-state index contributed by atoms with van der Waals surface area (Å²) in [7, 11) is 0. The second-order valence-corrected chi connectivity index (χ2v) is 5.24. The van der Waals surface area contributed by atoms with Crippen LogP contribution in [0.1, 0.15) is 26.3 Å². The molecule has 3 heteroatoms. The van der Waals surface area contributed by atoms with Crippen molar-refractivity contribution in [3.05, 3.63) is 40.4 Å². The van der Waals surface area contributed by atoms with Crippen LogP contribution in [0.2, 0.25) is 0 Å². The number of hydrogen-bond acceptors (Lipinski definition) is 2. The largest absolute Gasteiger partial charge is 0.457 e. The Labute approximate surface area is 104 Å².